The molecule has 0 fully saturated rings. The number of anilines is 3. The highest BCUT2D eigenvalue weighted by atomic mass is 35.5. The van der Waals surface area contributed by atoms with Crippen molar-refractivity contribution in [3.05, 3.63) is 87.6 Å². The lowest BCUT2D eigenvalue weighted by atomic mass is 10.1. The number of aromatic nitrogens is 1. The van der Waals surface area contributed by atoms with E-state index in [4.69, 9.17) is 11.6 Å². The molecule has 0 aliphatic rings. The second-order valence-corrected chi connectivity index (χ2v) is 5.73. The Kier molecular flexibility index (Phi) is 5.09. The van der Waals surface area contributed by atoms with Crippen LogP contribution in [0.2, 0.25) is 5.02 Å². The summed E-state index contributed by atoms with van der Waals surface area (Å²) in [7, 11) is 0. The first-order valence-electron chi connectivity index (χ1n) is 7.56. The van der Waals surface area contributed by atoms with Gasteiger partial charge in [-0.2, -0.15) is 0 Å². The maximum absolute atomic E-state index is 12.3. The van der Waals surface area contributed by atoms with Gasteiger partial charge in [0, 0.05) is 16.8 Å². The molecule has 0 spiro atoms. The number of carbonyl (C=O) groups excluding carboxylic acids is 1. The molecule has 1 aromatic heterocycles. The van der Waals surface area contributed by atoms with Crippen molar-refractivity contribution >= 4 is 40.4 Å². The fourth-order valence-electron chi connectivity index (χ4n) is 2.26. The van der Waals surface area contributed by atoms with E-state index in [1.54, 1.807) is 12.1 Å². The monoisotopic (exact) mass is 368 g/mol. The molecular weight excluding hydrogens is 356 g/mol. The smallest absolute Gasteiger partial charge is 0.282 e. The Hall–Kier alpha value is -3.45. The van der Waals surface area contributed by atoms with Gasteiger partial charge in [0.15, 0.2) is 0 Å². The Morgan fingerprint density at radius 3 is 2.46 bits per heavy atom. The number of carbonyl (C=O) groups is 1. The van der Waals surface area contributed by atoms with Crippen molar-refractivity contribution in [2.75, 3.05) is 10.6 Å². The van der Waals surface area contributed by atoms with Crippen LogP contribution in [0.5, 0.6) is 0 Å². The Labute approximate surface area is 153 Å². The van der Waals surface area contributed by atoms with Crippen LogP contribution >= 0.6 is 11.6 Å². The van der Waals surface area contributed by atoms with Crippen molar-refractivity contribution in [2.45, 2.75) is 0 Å². The van der Waals surface area contributed by atoms with E-state index in [9.17, 15) is 14.9 Å². The van der Waals surface area contributed by atoms with Crippen LogP contribution in [0.15, 0.2) is 66.9 Å². The normalized spacial score (nSPS) is 10.2. The molecule has 3 aromatic rings. The zero-order valence-electron chi connectivity index (χ0n) is 13.3. The minimum atomic E-state index is -0.634. The van der Waals surface area contributed by atoms with Crippen LogP contribution in [0.3, 0.4) is 0 Å². The third-order valence-electron chi connectivity index (χ3n) is 3.47. The average Bonchev–Trinajstić information content (AvgIpc) is 2.64. The molecule has 7 nitrogen and oxygen atoms in total. The third-order valence-corrected chi connectivity index (χ3v) is 3.70. The first kappa shape index (κ1) is 17.4. The summed E-state index contributed by atoms with van der Waals surface area (Å²) in [5.74, 6) is -0.0345. The molecule has 0 unspecified atom stereocenters. The minimum Gasteiger partial charge on any atom is -0.340 e. The van der Waals surface area contributed by atoms with Gasteiger partial charge in [-0.3, -0.25) is 14.9 Å². The number of amides is 1. The standard InChI is InChI=1S/C18H13ClN4O3/c19-12-6-8-16(23(25)26)15(10-12)18(24)22-14-7-9-17(20-11-14)21-13-4-2-1-3-5-13/h1-11H,(H,20,21)(H,22,24). The molecule has 0 radical (unpaired) electrons. The van der Waals surface area contributed by atoms with Crippen molar-refractivity contribution in [1.29, 1.82) is 0 Å². The van der Waals surface area contributed by atoms with Crippen LogP contribution in [-0.2, 0) is 0 Å². The van der Waals surface area contributed by atoms with E-state index in [1.807, 2.05) is 30.3 Å². The molecule has 26 heavy (non-hydrogen) atoms. The molecular formula is C18H13ClN4O3. The zero-order chi connectivity index (χ0) is 18.5. The SMILES string of the molecule is O=C(Nc1ccc(Nc2ccccc2)nc1)c1cc(Cl)ccc1[N+](=O)[O-]. The molecule has 2 N–H and O–H groups in total. The molecule has 3 rings (SSSR count). The number of nitrogens with one attached hydrogen (secondary N) is 2. The maximum atomic E-state index is 12.3. The maximum Gasteiger partial charge on any atom is 0.282 e. The van der Waals surface area contributed by atoms with Gasteiger partial charge in [0.25, 0.3) is 11.6 Å². The first-order chi connectivity index (χ1) is 12.5. The minimum absolute atomic E-state index is 0.117. The van der Waals surface area contributed by atoms with Gasteiger partial charge in [-0.15, -0.1) is 0 Å². The van der Waals surface area contributed by atoms with Crippen molar-refractivity contribution in [3.8, 4) is 0 Å². The van der Waals surface area contributed by atoms with Gasteiger partial charge in [0.05, 0.1) is 16.8 Å². The highest BCUT2D eigenvalue weighted by Gasteiger charge is 2.20. The molecule has 1 heterocycles. The van der Waals surface area contributed by atoms with E-state index >= 15 is 0 Å². The number of nitro benzene ring substituents is 1. The average molecular weight is 369 g/mol. The predicted molar refractivity (Wildman–Crippen MR) is 100 cm³/mol. The molecule has 0 bridgehead atoms. The van der Waals surface area contributed by atoms with Crippen molar-refractivity contribution in [3.63, 3.8) is 0 Å². The molecule has 2 aromatic carbocycles. The Morgan fingerprint density at radius 2 is 1.81 bits per heavy atom. The molecule has 0 atom stereocenters. The molecule has 0 aliphatic carbocycles. The van der Waals surface area contributed by atoms with Gasteiger partial charge in [0.2, 0.25) is 0 Å². The van der Waals surface area contributed by atoms with Gasteiger partial charge in [-0.1, -0.05) is 29.8 Å². The van der Waals surface area contributed by atoms with Gasteiger partial charge >= 0.3 is 0 Å². The van der Waals surface area contributed by atoms with Crippen LogP contribution < -0.4 is 10.6 Å². The zero-order valence-corrected chi connectivity index (χ0v) is 14.1. The van der Waals surface area contributed by atoms with Gasteiger partial charge in [0.1, 0.15) is 11.4 Å². The fraction of sp³-hybridized carbons (Fsp3) is 0. The van der Waals surface area contributed by atoms with E-state index in [-0.39, 0.29) is 16.3 Å². The van der Waals surface area contributed by atoms with Crippen LogP contribution in [0.25, 0.3) is 0 Å². The summed E-state index contributed by atoms with van der Waals surface area (Å²) in [6.45, 7) is 0. The molecule has 0 saturated heterocycles. The quantitative estimate of drug-likeness (QED) is 0.505. The van der Waals surface area contributed by atoms with Crippen molar-refractivity contribution < 1.29 is 9.72 Å². The second-order valence-electron chi connectivity index (χ2n) is 5.30. The highest BCUT2D eigenvalue weighted by molar-refractivity contribution is 6.31. The van der Waals surface area contributed by atoms with E-state index < -0.39 is 10.8 Å². The largest absolute Gasteiger partial charge is 0.340 e. The molecule has 8 heteroatoms. The number of hydrogen-bond acceptors (Lipinski definition) is 5. The summed E-state index contributed by atoms with van der Waals surface area (Å²) in [5.41, 5.74) is 0.852. The summed E-state index contributed by atoms with van der Waals surface area (Å²) < 4.78 is 0. The van der Waals surface area contributed by atoms with E-state index in [0.29, 0.717) is 11.5 Å². The molecule has 1 amide bonds. The van der Waals surface area contributed by atoms with E-state index in [0.717, 1.165) is 5.69 Å². The summed E-state index contributed by atoms with van der Waals surface area (Å²) in [6.07, 6.45) is 1.46. The van der Waals surface area contributed by atoms with Crippen LogP contribution in [0.4, 0.5) is 22.9 Å². The van der Waals surface area contributed by atoms with Crippen molar-refractivity contribution in [2.24, 2.45) is 0 Å². The number of benzene rings is 2. The predicted octanol–water partition coefficient (Wildman–Crippen LogP) is 4.64. The number of rotatable bonds is 5. The number of nitrogens with zero attached hydrogens (tertiary/aromatic N) is 2. The number of pyridine rings is 1. The summed E-state index contributed by atoms with van der Waals surface area (Å²) in [5, 5.41) is 17.0. The number of para-hydroxylation sites is 1. The number of nitro groups is 1. The lowest BCUT2D eigenvalue weighted by Gasteiger charge is -2.08. The lowest BCUT2D eigenvalue weighted by Crippen LogP contribution is -2.14. The van der Waals surface area contributed by atoms with Crippen LogP contribution in [0, 0.1) is 10.1 Å². The Bertz CT molecular complexity index is 946. The topological polar surface area (TPSA) is 97.2 Å². The van der Waals surface area contributed by atoms with E-state index in [2.05, 4.69) is 15.6 Å². The van der Waals surface area contributed by atoms with E-state index in [1.165, 1.54) is 24.4 Å². The lowest BCUT2D eigenvalue weighted by molar-refractivity contribution is -0.385. The number of hydrogen-bond donors (Lipinski definition) is 2. The second kappa shape index (κ2) is 7.62. The fourth-order valence-corrected chi connectivity index (χ4v) is 2.43. The Balaban J connectivity index is 1.74. The highest BCUT2D eigenvalue weighted by Crippen LogP contribution is 2.24. The molecule has 0 saturated carbocycles. The summed E-state index contributed by atoms with van der Waals surface area (Å²) in [4.78, 5) is 27.0. The first-order valence-corrected chi connectivity index (χ1v) is 7.94. The third kappa shape index (κ3) is 4.14. The van der Waals surface area contributed by atoms with Crippen molar-refractivity contribution in [1.82, 2.24) is 4.98 Å². The van der Waals surface area contributed by atoms with Crippen LogP contribution in [-0.4, -0.2) is 15.8 Å². The summed E-state index contributed by atoms with van der Waals surface area (Å²) >= 11 is 5.84. The molecule has 130 valence electrons. The van der Waals surface area contributed by atoms with Gasteiger partial charge < -0.3 is 10.6 Å². The number of halogens is 1. The van der Waals surface area contributed by atoms with Crippen LogP contribution in [0.1, 0.15) is 10.4 Å². The summed E-state index contributed by atoms with van der Waals surface area (Å²) in [6, 6.07) is 16.7. The van der Waals surface area contributed by atoms with Gasteiger partial charge in [-0.05, 0) is 36.4 Å². The molecule has 0 aliphatic heterocycles. The van der Waals surface area contributed by atoms with Gasteiger partial charge in [-0.25, -0.2) is 4.98 Å². The Morgan fingerprint density at radius 1 is 1.04 bits per heavy atom.